The zero-order valence-electron chi connectivity index (χ0n) is 10.5. The lowest BCUT2D eigenvalue weighted by Crippen LogP contribution is -2.32. The first-order valence-corrected chi connectivity index (χ1v) is 7.10. The maximum absolute atomic E-state index is 5.90. The molecular formula is C13H21BrN2O. The van der Waals surface area contributed by atoms with Crippen LogP contribution in [0.1, 0.15) is 32.1 Å². The van der Waals surface area contributed by atoms with Crippen molar-refractivity contribution in [3.05, 3.63) is 22.6 Å². The lowest BCUT2D eigenvalue weighted by atomic mass is 9.95. The van der Waals surface area contributed by atoms with E-state index in [0.717, 1.165) is 35.4 Å². The summed E-state index contributed by atoms with van der Waals surface area (Å²) in [5, 5.41) is 0. The summed E-state index contributed by atoms with van der Waals surface area (Å²) in [5.41, 5.74) is 5.90. The predicted octanol–water partition coefficient (Wildman–Crippen LogP) is 3.02. The summed E-state index contributed by atoms with van der Waals surface area (Å²) >= 11 is 3.35. The molecule has 2 N–H and O–H groups in total. The molecule has 96 valence electrons. The van der Waals surface area contributed by atoms with E-state index in [1.54, 1.807) is 0 Å². The monoisotopic (exact) mass is 300 g/mol. The van der Waals surface area contributed by atoms with Crippen molar-refractivity contribution in [2.24, 2.45) is 17.6 Å². The molecule has 2 heterocycles. The van der Waals surface area contributed by atoms with E-state index in [1.807, 2.05) is 12.1 Å². The van der Waals surface area contributed by atoms with Gasteiger partial charge in [0.1, 0.15) is 5.76 Å². The Morgan fingerprint density at radius 2 is 2.29 bits per heavy atom. The van der Waals surface area contributed by atoms with Crippen molar-refractivity contribution in [3.8, 4) is 0 Å². The van der Waals surface area contributed by atoms with Gasteiger partial charge in [-0.2, -0.15) is 0 Å². The molecule has 0 spiro atoms. The lowest BCUT2D eigenvalue weighted by molar-refractivity contribution is 0.204. The van der Waals surface area contributed by atoms with Gasteiger partial charge in [-0.15, -0.1) is 0 Å². The van der Waals surface area contributed by atoms with Gasteiger partial charge in [-0.3, -0.25) is 4.90 Å². The molecule has 0 radical (unpaired) electrons. The summed E-state index contributed by atoms with van der Waals surface area (Å²) in [6.45, 7) is 7.48. The zero-order chi connectivity index (χ0) is 12.4. The van der Waals surface area contributed by atoms with Gasteiger partial charge >= 0.3 is 0 Å². The van der Waals surface area contributed by atoms with Gasteiger partial charge in [0.2, 0.25) is 0 Å². The average molecular weight is 301 g/mol. The molecule has 1 aliphatic heterocycles. The average Bonchev–Trinajstić information content (AvgIpc) is 2.89. The number of nitrogens with two attached hydrogens (primary N) is 1. The maximum Gasteiger partial charge on any atom is 0.169 e. The Kier molecular flexibility index (Phi) is 4.28. The van der Waals surface area contributed by atoms with Gasteiger partial charge in [-0.1, -0.05) is 13.8 Å². The molecule has 0 amide bonds. The van der Waals surface area contributed by atoms with E-state index in [1.165, 1.54) is 6.42 Å². The summed E-state index contributed by atoms with van der Waals surface area (Å²) in [4.78, 5) is 2.45. The Morgan fingerprint density at radius 1 is 1.53 bits per heavy atom. The first-order chi connectivity index (χ1) is 8.11. The van der Waals surface area contributed by atoms with Crippen LogP contribution in [-0.4, -0.2) is 24.5 Å². The standard InChI is InChI=1S/C13H21BrN2O/c1-9(2)10-5-6-16(8-10)11(7-15)12-3-4-13(14)17-12/h3-4,9-11H,5-8,15H2,1-2H3. The molecule has 1 fully saturated rings. The van der Waals surface area contributed by atoms with Crippen molar-refractivity contribution in [3.63, 3.8) is 0 Å². The summed E-state index contributed by atoms with van der Waals surface area (Å²) < 4.78 is 6.42. The van der Waals surface area contributed by atoms with Gasteiger partial charge in [0.05, 0.1) is 6.04 Å². The summed E-state index contributed by atoms with van der Waals surface area (Å²) in [5.74, 6) is 2.52. The topological polar surface area (TPSA) is 42.4 Å². The van der Waals surface area contributed by atoms with E-state index in [-0.39, 0.29) is 6.04 Å². The molecule has 2 atom stereocenters. The van der Waals surface area contributed by atoms with Crippen LogP contribution in [0.4, 0.5) is 0 Å². The molecule has 0 aromatic carbocycles. The largest absolute Gasteiger partial charge is 0.453 e. The van der Waals surface area contributed by atoms with E-state index in [4.69, 9.17) is 10.2 Å². The highest BCUT2D eigenvalue weighted by atomic mass is 79.9. The zero-order valence-corrected chi connectivity index (χ0v) is 12.1. The highest BCUT2D eigenvalue weighted by Gasteiger charge is 2.31. The quantitative estimate of drug-likeness (QED) is 0.929. The molecule has 1 aromatic heterocycles. The van der Waals surface area contributed by atoms with Crippen LogP contribution >= 0.6 is 15.9 Å². The fraction of sp³-hybridized carbons (Fsp3) is 0.692. The first kappa shape index (κ1) is 13.1. The van der Waals surface area contributed by atoms with Crippen molar-refractivity contribution in [1.82, 2.24) is 4.90 Å². The minimum atomic E-state index is 0.227. The fourth-order valence-corrected chi connectivity index (χ4v) is 2.91. The minimum absolute atomic E-state index is 0.227. The molecule has 1 saturated heterocycles. The molecule has 0 saturated carbocycles. The Hall–Kier alpha value is -0.320. The number of hydrogen-bond donors (Lipinski definition) is 1. The third-order valence-corrected chi connectivity index (χ3v) is 4.21. The Bertz CT molecular complexity index is 364. The third-order valence-electron chi connectivity index (χ3n) is 3.79. The van der Waals surface area contributed by atoms with Crippen molar-refractivity contribution in [2.45, 2.75) is 26.3 Å². The summed E-state index contributed by atoms with van der Waals surface area (Å²) in [6, 6.07) is 4.18. The highest BCUT2D eigenvalue weighted by Crippen LogP contribution is 2.31. The molecule has 1 aromatic rings. The van der Waals surface area contributed by atoms with E-state index >= 15 is 0 Å². The van der Waals surface area contributed by atoms with Gasteiger partial charge in [-0.25, -0.2) is 0 Å². The molecule has 1 aliphatic rings. The Labute approximate surface area is 111 Å². The van der Waals surface area contributed by atoms with Gasteiger partial charge in [0.25, 0.3) is 0 Å². The van der Waals surface area contributed by atoms with Crippen LogP contribution in [0.5, 0.6) is 0 Å². The number of rotatable bonds is 4. The van der Waals surface area contributed by atoms with E-state index in [2.05, 4.69) is 34.7 Å². The lowest BCUT2D eigenvalue weighted by Gasteiger charge is -2.25. The second-order valence-corrected chi connectivity index (χ2v) is 5.96. The van der Waals surface area contributed by atoms with Gasteiger partial charge in [-0.05, 0) is 52.9 Å². The number of halogens is 1. The summed E-state index contributed by atoms with van der Waals surface area (Å²) in [6.07, 6.45) is 1.27. The molecule has 4 heteroatoms. The van der Waals surface area contributed by atoms with Gasteiger partial charge < -0.3 is 10.2 Å². The van der Waals surface area contributed by atoms with Crippen LogP contribution in [0.25, 0.3) is 0 Å². The van der Waals surface area contributed by atoms with Crippen LogP contribution in [0.15, 0.2) is 21.2 Å². The maximum atomic E-state index is 5.90. The van der Waals surface area contributed by atoms with Crippen molar-refractivity contribution < 1.29 is 4.42 Å². The molecular weight excluding hydrogens is 280 g/mol. The second kappa shape index (κ2) is 5.55. The van der Waals surface area contributed by atoms with E-state index < -0.39 is 0 Å². The minimum Gasteiger partial charge on any atom is -0.453 e. The van der Waals surface area contributed by atoms with Gasteiger partial charge in [0, 0.05) is 13.1 Å². The number of nitrogens with zero attached hydrogens (tertiary/aromatic N) is 1. The highest BCUT2D eigenvalue weighted by molar-refractivity contribution is 9.10. The van der Waals surface area contributed by atoms with Crippen LogP contribution in [0.3, 0.4) is 0 Å². The third kappa shape index (κ3) is 2.92. The normalized spacial score (nSPS) is 23.5. The number of hydrogen-bond acceptors (Lipinski definition) is 3. The van der Waals surface area contributed by atoms with Crippen molar-refractivity contribution >= 4 is 15.9 Å². The van der Waals surface area contributed by atoms with Crippen molar-refractivity contribution in [1.29, 1.82) is 0 Å². The number of likely N-dealkylation sites (tertiary alicyclic amines) is 1. The number of furan rings is 1. The first-order valence-electron chi connectivity index (χ1n) is 6.31. The smallest absolute Gasteiger partial charge is 0.169 e. The van der Waals surface area contributed by atoms with Crippen LogP contribution in [0.2, 0.25) is 0 Å². The molecule has 3 nitrogen and oxygen atoms in total. The molecule has 17 heavy (non-hydrogen) atoms. The Morgan fingerprint density at radius 3 is 2.76 bits per heavy atom. The fourth-order valence-electron chi connectivity index (χ4n) is 2.60. The van der Waals surface area contributed by atoms with Gasteiger partial charge in [0.15, 0.2) is 4.67 Å². The van der Waals surface area contributed by atoms with Crippen LogP contribution in [0, 0.1) is 11.8 Å². The predicted molar refractivity (Wildman–Crippen MR) is 72.7 cm³/mol. The molecule has 2 rings (SSSR count). The molecule has 0 aliphatic carbocycles. The summed E-state index contributed by atoms with van der Waals surface area (Å²) in [7, 11) is 0. The Balaban J connectivity index is 2.05. The van der Waals surface area contributed by atoms with Crippen LogP contribution < -0.4 is 5.73 Å². The molecule has 2 unspecified atom stereocenters. The SMILES string of the molecule is CC(C)C1CCN(C(CN)c2ccc(Br)o2)C1. The van der Waals surface area contributed by atoms with Crippen molar-refractivity contribution in [2.75, 3.05) is 19.6 Å². The van der Waals surface area contributed by atoms with E-state index in [0.29, 0.717) is 6.54 Å². The van der Waals surface area contributed by atoms with Crippen LogP contribution in [-0.2, 0) is 0 Å². The second-order valence-electron chi connectivity index (χ2n) is 5.18. The van der Waals surface area contributed by atoms with E-state index in [9.17, 15) is 0 Å². The molecule has 0 bridgehead atoms.